The Labute approximate surface area is 128 Å². The number of pyridine rings is 1. The van der Waals surface area contributed by atoms with Crippen molar-refractivity contribution < 1.29 is 0 Å². The fourth-order valence-corrected chi connectivity index (χ4v) is 4.75. The van der Waals surface area contributed by atoms with Crippen LogP contribution in [0, 0.1) is 20.8 Å². The quantitative estimate of drug-likeness (QED) is 0.874. The SMILES string of the molecule is CCSC1CCC(NC(C)c2c(C)cc(C)nc2C)C1. The average molecular weight is 292 g/mol. The summed E-state index contributed by atoms with van der Waals surface area (Å²) in [6, 6.07) is 3.28. The minimum Gasteiger partial charge on any atom is -0.307 e. The number of nitrogens with zero attached hydrogens (tertiary/aromatic N) is 1. The van der Waals surface area contributed by atoms with Gasteiger partial charge >= 0.3 is 0 Å². The zero-order chi connectivity index (χ0) is 14.7. The van der Waals surface area contributed by atoms with Crippen LogP contribution in [0.3, 0.4) is 0 Å². The summed E-state index contributed by atoms with van der Waals surface area (Å²) >= 11 is 2.12. The third-order valence-electron chi connectivity index (χ3n) is 4.29. The zero-order valence-electron chi connectivity index (χ0n) is 13.5. The van der Waals surface area contributed by atoms with Crippen LogP contribution in [0.5, 0.6) is 0 Å². The molecule has 1 aromatic heterocycles. The summed E-state index contributed by atoms with van der Waals surface area (Å²) in [5, 5.41) is 4.70. The maximum atomic E-state index is 4.63. The van der Waals surface area contributed by atoms with Crippen LogP contribution in [0.25, 0.3) is 0 Å². The van der Waals surface area contributed by atoms with Gasteiger partial charge in [-0.05, 0) is 69.9 Å². The Kier molecular flexibility index (Phi) is 5.50. The van der Waals surface area contributed by atoms with E-state index in [2.05, 4.69) is 62.7 Å². The summed E-state index contributed by atoms with van der Waals surface area (Å²) in [5.74, 6) is 1.24. The molecular formula is C17H28N2S. The van der Waals surface area contributed by atoms with Gasteiger partial charge in [0.2, 0.25) is 0 Å². The molecule has 1 heterocycles. The zero-order valence-corrected chi connectivity index (χ0v) is 14.3. The lowest BCUT2D eigenvalue weighted by Gasteiger charge is -2.23. The van der Waals surface area contributed by atoms with Crippen molar-refractivity contribution in [1.29, 1.82) is 0 Å². The fraction of sp³-hybridized carbons (Fsp3) is 0.706. The van der Waals surface area contributed by atoms with Crippen LogP contribution in [-0.2, 0) is 0 Å². The van der Waals surface area contributed by atoms with Crippen LogP contribution < -0.4 is 5.32 Å². The third kappa shape index (κ3) is 3.76. The molecule has 0 aromatic carbocycles. The van der Waals surface area contributed by atoms with Gasteiger partial charge < -0.3 is 5.32 Å². The van der Waals surface area contributed by atoms with Gasteiger partial charge in [0.25, 0.3) is 0 Å². The first-order chi connectivity index (χ1) is 9.51. The van der Waals surface area contributed by atoms with E-state index >= 15 is 0 Å². The van der Waals surface area contributed by atoms with Crippen LogP contribution in [0.2, 0.25) is 0 Å². The molecule has 20 heavy (non-hydrogen) atoms. The highest BCUT2D eigenvalue weighted by atomic mass is 32.2. The topological polar surface area (TPSA) is 24.9 Å². The van der Waals surface area contributed by atoms with E-state index in [4.69, 9.17) is 0 Å². The molecule has 112 valence electrons. The van der Waals surface area contributed by atoms with Crippen molar-refractivity contribution in [3.05, 3.63) is 28.6 Å². The predicted octanol–water partition coefficient (Wildman–Crippen LogP) is 4.33. The number of aromatic nitrogens is 1. The summed E-state index contributed by atoms with van der Waals surface area (Å²) in [6.45, 7) is 11.0. The molecule has 3 heteroatoms. The normalized spacial score (nSPS) is 24.1. The van der Waals surface area contributed by atoms with E-state index < -0.39 is 0 Å². The van der Waals surface area contributed by atoms with Crippen molar-refractivity contribution in [2.24, 2.45) is 0 Å². The van der Waals surface area contributed by atoms with Crippen LogP contribution in [0.15, 0.2) is 6.07 Å². The molecule has 0 radical (unpaired) electrons. The second-order valence-corrected chi connectivity index (χ2v) is 7.63. The van der Waals surface area contributed by atoms with Gasteiger partial charge in [-0.15, -0.1) is 0 Å². The number of thioether (sulfide) groups is 1. The Morgan fingerprint density at radius 1 is 1.35 bits per heavy atom. The third-order valence-corrected chi connectivity index (χ3v) is 5.52. The molecule has 1 aliphatic carbocycles. The predicted molar refractivity (Wildman–Crippen MR) is 89.6 cm³/mol. The molecule has 0 spiro atoms. The number of hydrogen-bond acceptors (Lipinski definition) is 3. The Morgan fingerprint density at radius 3 is 2.75 bits per heavy atom. The van der Waals surface area contributed by atoms with E-state index in [1.807, 2.05) is 0 Å². The smallest absolute Gasteiger partial charge is 0.0426 e. The summed E-state index contributed by atoms with van der Waals surface area (Å²) in [7, 11) is 0. The Balaban J connectivity index is 2.01. The van der Waals surface area contributed by atoms with Gasteiger partial charge in [0.15, 0.2) is 0 Å². The maximum absolute atomic E-state index is 4.63. The van der Waals surface area contributed by atoms with Gasteiger partial charge in [-0.25, -0.2) is 0 Å². The lowest BCUT2D eigenvalue weighted by molar-refractivity contribution is 0.458. The minimum atomic E-state index is 0.401. The highest BCUT2D eigenvalue weighted by Crippen LogP contribution is 2.31. The van der Waals surface area contributed by atoms with Crippen LogP contribution in [0.1, 0.15) is 61.7 Å². The lowest BCUT2D eigenvalue weighted by atomic mass is 9.99. The molecule has 0 saturated heterocycles. The van der Waals surface area contributed by atoms with Crippen molar-refractivity contribution >= 4 is 11.8 Å². The molecule has 3 unspecified atom stereocenters. The monoisotopic (exact) mass is 292 g/mol. The van der Waals surface area contributed by atoms with Gasteiger partial charge in [0.1, 0.15) is 0 Å². The first-order valence-corrected chi connectivity index (χ1v) is 8.88. The second kappa shape index (κ2) is 6.95. The fourth-order valence-electron chi connectivity index (χ4n) is 3.60. The molecular weight excluding hydrogens is 264 g/mol. The van der Waals surface area contributed by atoms with Crippen molar-refractivity contribution in [2.45, 2.75) is 71.2 Å². The van der Waals surface area contributed by atoms with E-state index in [0.717, 1.165) is 10.9 Å². The highest BCUT2D eigenvalue weighted by molar-refractivity contribution is 7.99. The molecule has 0 aliphatic heterocycles. The second-order valence-electron chi connectivity index (χ2n) is 6.06. The first-order valence-electron chi connectivity index (χ1n) is 7.83. The maximum Gasteiger partial charge on any atom is 0.0426 e. The molecule has 1 aromatic rings. The van der Waals surface area contributed by atoms with Gasteiger partial charge in [0.05, 0.1) is 0 Å². The summed E-state index contributed by atoms with van der Waals surface area (Å²) in [4.78, 5) is 4.63. The van der Waals surface area contributed by atoms with E-state index in [-0.39, 0.29) is 0 Å². The average Bonchev–Trinajstić information content (AvgIpc) is 2.75. The van der Waals surface area contributed by atoms with Gasteiger partial charge in [-0.2, -0.15) is 11.8 Å². The summed E-state index contributed by atoms with van der Waals surface area (Å²) < 4.78 is 0. The molecule has 1 aliphatic rings. The number of hydrogen-bond donors (Lipinski definition) is 1. The van der Waals surface area contributed by atoms with Gasteiger partial charge in [0, 0.05) is 28.7 Å². The Hall–Kier alpha value is -0.540. The molecule has 2 nitrogen and oxygen atoms in total. The van der Waals surface area contributed by atoms with Crippen LogP contribution >= 0.6 is 11.8 Å². The van der Waals surface area contributed by atoms with Crippen molar-refractivity contribution in [3.8, 4) is 0 Å². The lowest BCUT2D eigenvalue weighted by Crippen LogP contribution is -2.30. The summed E-state index contributed by atoms with van der Waals surface area (Å²) in [6.07, 6.45) is 4.01. The van der Waals surface area contributed by atoms with Crippen molar-refractivity contribution in [2.75, 3.05) is 5.75 Å². The van der Waals surface area contributed by atoms with Crippen molar-refractivity contribution in [3.63, 3.8) is 0 Å². The van der Waals surface area contributed by atoms with Gasteiger partial charge in [-0.1, -0.05) is 6.92 Å². The van der Waals surface area contributed by atoms with E-state index in [1.54, 1.807) is 0 Å². The molecule has 1 N–H and O–H groups in total. The Morgan fingerprint density at radius 2 is 2.10 bits per heavy atom. The van der Waals surface area contributed by atoms with Crippen LogP contribution in [0.4, 0.5) is 0 Å². The largest absolute Gasteiger partial charge is 0.307 e. The van der Waals surface area contributed by atoms with Crippen molar-refractivity contribution in [1.82, 2.24) is 10.3 Å². The van der Waals surface area contributed by atoms with Gasteiger partial charge in [-0.3, -0.25) is 4.98 Å². The first kappa shape index (κ1) is 15.8. The van der Waals surface area contributed by atoms with E-state index in [0.29, 0.717) is 12.1 Å². The Bertz CT molecular complexity index is 435. The molecule has 3 atom stereocenters. The number of rotatable bonds is 5. The molecule has 0 bridgehead atoms. The summed E-state index contributed by atoms with van der Waals surface area (Å²) in [5.41, 5.74) is 5.06. The van der Waals surface area contributed by atoms with E-state index in [9.17, 15) is 0 Å². The van der Waals surface area contributed by atoms with Crippen LogP contribution in [-0.4, -0.2) is 22.0 Å². The molecule has 2 rings (SSSR count). The number of nitrogens with one attached hydrogen (secondary N) is 1. The standard InChI is InChI=1S/C17H28N2S/c1-6-20-16-8-7-15(10-16)19-14(5)17-11(2)9-12(3)18-13(17)4/h9,14-16,19H,6-8,10H2,1-5H3. The minimum absolute atomic E-state index is 0.401. The molecule has 0 amide bonds. The highest BCUT2D eigenvalue weighted by Gasteiger charge is 2.26. The molecule has 1 fully saturated rings. The number of aryl methyl sites for hydroxylation is 3. The molecule has 1 saturated carbocycles. The van der Waals surface area contributed by atoms with E-state index in [1.165, 1.54) is 41.8 Å².